The van der Waals surface area contributed by atoms with Gasteiger partial charge in [0.2, 0.25) is 0 Å². The molecule has 0 fully saturated rings. The second kappa shape index (κ2) is 9.96. The number of halogens is 3. The molecule has 0 aromatic heterocycles. The third kappa shape index (κ3) is 5.61. The van der Waals surface area contributed by atoms with Gasteiger partial charge < -0.3 is 0 Å². The summed E-state index contributed by atoms with van der Waals surface area (Å²) in [5.74, 6) is 0. The molecule has 0 saturated heterocycles. The van der Waals surface area contributed by atoms with Gasteiger partial charge in [0.15, 0.2) is 0 Å². The first-order valence-electron chi connectivity index (χ1n) is 8.22. The standard InChI is InChI=1S/C22H17Cl2ISe/c23-18-10-6-16(7-11-18)22(17-8-12-19(24)13-9-17)21(25)14-15-26-20-4-2-1-3-5-20/h1-13H,14-15H2. The van der Waals surface area contributed by atoms with E-state index in [-0.39, 0.29) is 0 Å². The van der Waals surface area contributed by atoms with Crippen molar-refractivity contribution in [3.8, 4) is 0 Å². The van der Waals surface area contributed by atoms with Gasteiger partial charge in [-0.2, -0.15) is 0 Å². The van der Waals surface area contributed by atoms with Gasteiger partial charge in [0.25, 0.3) is 0 Å². The number of benzene rings is 3. The number of hydrogen-bond donors (Lipinski definition) is 0. The molecule has 0 unspecified atom stereocenters. The van der Waals surface area contributed by atoms with Crippen LogP contribution in [0.3, 0.4) is 0 Å². The van der Waals surface area contributed by atoms with Gasteiger partial charge in [-0.1, -0.05) is 0 Å². The van der Waals surface area contributed by atoms with Crippen molar-refractivity contribution in [3.63, 3.8) is 0 Å². The van der Waals surface area contributed by atoms with Crippen molar-refractivity contribution < 1.29 is 0 Å². The van der Waals surface area contributed by atoms with Crippen LogP contribution in [0.4, 0.5) is 0 Å². The van der Waals surface area contributed by atoms with Crippen molar-refractivity contribution in [1.82, 2.24) is 0 Å². The van der Waals surface area contributed by atoms with Gasteiger partial charge >= 0.3 is 186 Å². The molecule has 132 valence electrons. The second-order valence-electron chi connectivity index (χ2n) is 5.71. The zero-order valence-corrected chi connectivity index (χ0v) is 19.3. The first-order chi connectivity index (χ1) is 12.6. The molecule has 0 nitrogen and oxygen atoms in total. The number of allylic oxidation sites excluding steroid dienone is 1. The van der Waals surface area contributed by atoms with Gasteiger partial charge in [0, 0.05) is 0 Å². The summed E-state index contributed by atoms with van der Waals surface area (Å²) < 4.78 is 2.81. The Morgan fingerprint density at radius 2 is 1.23 bits per heavy atom. The molecule has 0 bridgehead atoms. The van der Waals surface area contributed by atoms with E-state index in [4.69, 9.17) is 23.2 Å². The van der Waals surface area contributed by atoms with Gasteiger partial charge in [-0.05, 0) is 0 Å². The molecule has 3 rings (SSSR count). The predicted octanol–water partition coefficient (Wildman–Crippen LogP) is 7.03. The van der Waals surface area contributed by atoms with E-state index in [0.29, 0.717) is 15.0 Å². The fraction of sp³-hybridized carbons (Fsp3) is 0.0909. The van der Waals surface area contributed by atoms with Crippen LogP contribution >= 0.6 is 45.8 Å². The van der Waals surface area contributed by atoms with Gasteiger partial charge in [0.05, 0.1) is 0 Å². The van der Waals surface area contributed by atoms with E-state index in [1.807, 2.05) is 24.3 Å². The predicted molar refractivity (Wildman–Crippen MR) is 124 cm³/mol. The summed E-state index contributed by atoms with van der Waals surface area (Å²) in [6, 6.07) is 26.9. The van der Waals surface area contributed by atoms with Crippen LogP contribution in [0.2, 0.25) is 15.4 Å². The van der Waals surface area contributed by atoms with Crippen LogP contribution < -0.4 is 4.46 Å². The molecule has 0 atom stereocenters. The molecule has 0 aliphatic carbocycles. The minimum absolute atomic E-state index is 0.489. The Morgan fingerprint density at radius 3 is 1.73 bits per heavy atom. The summed E-state index contributed by atoms with van der Waals surface area (Å²) in [5, 5.41) is 2.69. The fourth-order valence-electron chi connectivity index (χ4n) is 2.61. The maximum atomic E-state index is 6.08. The molecule has 0 amide bonds. The average molecular weight is 558 g/mol. The second-order valence-corrected chi connectivity index (χ2v) is 10.3. The van der Waals surface area contributed by atoms with E-state index in [1.54, 1.807) is 0 Å². The first kappa shape index (κ1) is 20.0. The Morgan fingerprint density at radius 1 is 0.731 bits per heavy atom. The zero-order valence-electron chi connectivity index (χ0n) is 14.0. The molecule has 0 radical (unpaired) electrons. The van der Waals surface area contributed by atoms with Crippen LogP contribution in [-0.2, 0) is 0 Å². The normalized spacial score (nSPS) is 10.6. The molecular weight excluding hydrogens is 541 g/mol. The Balaban J connectivity index is 1.86. The quantitative estimate of drug-likeness (QED) is 0.225. The summed E-state index contributed by atoms with van der Waals surface area (Å²) in [6.45, 7) is 0. The van der Waals surface area contributed by atoms with Crippen molar-refractivity contribution in [2.24, 2.45) is 0 Å². The van der Waals surface area contributed by atoms with Gasteiger partial charge in [-0.3, -0.25) is 0 Å². The summed E-state index contributed by atoms with van der Waals surface area (Å²) in [5.41, 5.74) is 3.64. The molecule has 0 saturated carbocycles. The van der Waals surface area contributed by atoms with E-state index in [9.17, 15) is 0 Å². The third-order valence-corrected chi connectivity index (χ3v) is 7.58. The van der Waals surface area contributed by atoms with Crippen molar-refractivity contribution in [2.75, 3.05) is 0 Å². The Bertz CT molecular complexity index is 825. The summed E-state index contributed by atoms with van der Waals surface area (Å²) in [6.07, 6.45) is 1.07. The van der Waals surface area contributed by atoms with Gasteiger partial charge in [0.1, 0.15) is 0 Å². The Hall–Kier alpha value is -0.771. The molecule has 3 aromatic carbocycles. The molecule has 0 spiro atoms. The molecular formula is C22H17Cl2ISe. The van der Waals surface area contributed by atoms with Crippen LogP contribution in [-0.4, -0.2) is 15.0 Å². The van der Waals surface area contributed by atoms with Crippen molar-refractivity contribution in [3.05, 3.63) is 104 Å². The molecule has 0 aliphatic heterocycles. The van der Waals surface area contributed by atoms with Gasteiger partial charge in [-0.25, -0.2) is 0 Å². The van der Waals surface area contributed by atoms with Crippen LogP contribution in [0, 0.1) is 0 Å². The SMILES string of the molecule is Clc1ccc(C(=C(I)CC[Se]c2ccccc2)c2ccc(Cl)cc2)cc1. The van der Waals surface area contributed by atoms with Crippen molar-refractivity contribution in [2.45, 2.75) is 11.7 Å². The van der Waals surface area contributed by atoms with E-state index < -0.39 is 0 Å². The molecule has 26 heavy (non-hydrogen) atoms. The van der Waals surface area contributed by atoms with Crippen LogP contribution in [0.5, 0.6) is 0 Å². The monoisotopic (exact) mass is 558 g/mol. The summed E-state index contributed by atoms with van der Waals surface area (Å²) >= 11 is 15.1. The molecule has 0 N–H and O–H groups in total. The first-order valence-corrected chi connectivity index (χ1v) is 12.1. The van der Waals surface area contributed by atoms with E-state index in [1.165, 1.54) is 30.1 Å². The third-order valence-electron chi connectivity index (χ3n) is 3.87. The zero-order chi connectivity index (χ0) is 18.4. The van der Waals surface area contributed by atoms with E-state index in [0.717, 1.165) is 16.5 Å². The average Bonchev–Trinajstić information content (AvgIpc) is 2.66. The number of hydrogen-bond acceptors (Lipinski definition) is 0. The van der Waals surface area contributed by atoms with Crippen LogP contribution in [0.25, 0.3) is 5.57 Å². The minimum atomic E-state index is 0.489. The Kier molecular flexibility index (Phi) is 7.65. The van der Waals surface area contributed by atoms with Crippen LogP contribution in [0.1, 0.15) is 17.5 Å². The molecule has 0 aliphatic rings. The molecule has 0 heterocycles. The Labute approximate surface area is 184 Å². The molecule has 4 heteroatoms. The number of rotatable bonds is 6. The maximum absolute atomic E-state index is 6.08. The molecule has 3 aromatic rings. The van der Waals surface area contributed by atoms with Gasteiger partial charge in [-0.15, -0.1) is 0 Å². The van der Waals surface area contributed by atoms with Crippen LogP contribution in [0.15, 0.2) is 82.4 Å². The van der Waals surface area contributed by atoms with Crippen molar-refractivity contribution in [1.29, 1.82) is 0 Å². The summed E-state index contributed by atoms with van der Waals surface area (Å²) in [7, 11) is 0. The van der Waals surface area contributed by atoms with Crippen molar-refractivity contribution >= 4 is 70.8 Å². The van der Waals surface area contributed by atoms with E-state index in [2.05, 4.69) is 77.2 Å². The summed E-state index contributed by atoms with van der Waals surface area (Å²) in [4.78, 5) is 0. The fourth-order valence-corrected chi connectivity index (χ4v) is 6.45. The topological polar surface area (TPSA) is 0 Å². The van der Waals surface area contributed by atoms with E-state index >= 15 is 0 Å².